The van der Waals surface area contributed by atoms with Crippen LogP contribution >= 0.6 is 11.6 Å². The van der Waals surface area contributed by atoms with Crippen molar-refractivity contribution in [3.63, 3.8) is 0 Å². The summed E-state index contributed by atoms with van der Waals surface area (Å²) in [5.74, 6) is 0.406. The lowest BCUT2D eigenvalue weighted by atomic mass is 9.99. The molecule has 1 heterocycles. The zero-order chi connectivity index (χ0) is 20.4. The Kier molecular flexibility index (Phi) is 5.23. The van der Waals surface area contributed by atoms with Crippen LogP contribution < -0.4 is 14.8 Å². The smallest absolute Gasteiger partial charge is 0.255 e. The van der Waals surface area contributed by atoms with Crippen molar-refractivity contribution in [2.24, 2.45) is 0 Å². The lowest BCUT2D eigenvalue weighted by molar-refractivity contribution is 0.102. The van der Waals surface area contributed by atoms with Gasteiger partial charge in [0, 0.05) is 22.2 Å². The fraction of sp³-hybridized carbons (Fsp3) is 0.130. The van der Waals surface area contributed by atoms with Gasteiger partial charge in [0.1, 0.15) is 13.2 Å². The summed E-state index contributed by atoms with van der Waals surface area (Å²) in [5.41, 5.74) is 2.70. The first-order chi connectivity index (χ1) is 14.0. The van der Waals surface area contributed by atoms with E-state index in [1.807, 2.05) is 19.1 Å². The van der Waals surface area contributed by atoms with Crippen molar-refractivity contribution in [2.75, 3.05) is 18.5 Å². The molecule has 0 aliphatic carbocycles. The van der Waals surface area contributed by atoms with E-state index in [1.165, 1.54) is 0 Å². The number of benzene rings is 3. The van der Waals surface area contributed by atoms with Gasteiger partial charge in [0.2, 0.25) is 0 Å². The Morgan fingerprint density at radius 2 is 1.45 bits per heavy atom. The van der Waals surface area contributed by atoms with Gasteiger partial charge in [0.25, 0.3) is 5.91 Å². The molecular weight excluding hydrogens is 390 g/mol. The number of carbonyl (C=O) groups excluding carboxylic acids is 2. The van der Waals surface area contributed by atoms with Gasteiger partial charge in [-0.3, -0.25) is 9.59 Å². The van der Waals surface area contributed by atoms with E-state index in [9.17, 15) is 9.59 Å². The number of hydrogen-bond donors (Lipinski definition) is 1. The van der Waals surface area contributed by atoms with Crippen molar-refractivity contribution in [1.82, 2.24) is 0 Å². The Balaban J connectivity index is 1.72. The summed E-state index contributed by atoms with van der Waals surface area (Å²) in [6, 6.07) is 17.0. The molecule has 0 saturated heterocycles. The summed E-state index contributed by atoms with van der Waals surface area (Å²) < 4.78 is 11.2. The number of ketones is 1. The molecule has 146 valence electrons. The number of halogens is 1. The van der Waals surface area contributed by atoms with E-state index in [-0.39, 0.29) is 11.7 Å². The van der Waals surface area contributed by atoms with Crippen LogP contribution in [0.2, 0.25) is 5.02 Å². The van der Waals surface area contributed by atoms with Gasteiger partial charge in [0.15, 0.2) is 17.3 Å². The van der Waals surface area contributed by atoms with E-state index >= 15 is 0 Å². The quantitative estimate of drug-likeness (QED) is 0.624. The second kappa shape index (κ2) is 7.97. The maximum atomic E-state index is 13.2. The molecule has 0 bridgehead atoms. The summed E-state index contributed by atoms with van der Waals surface area (Å²) in [5, 5.41) is 3.36. The van der Waals surface area contributed by atoms with E-state index in [4.69, 9.17) is 21.1 Å². The minimum Gasteiger partial charge on any atom is -0.486 e. The van der Waals surface area contributed by atoms with Gasteiger partial charge in [0.05, 0.1) is 11.3 Å². The summed E-state index contributed by atoms with van der Waals surface area (Å²) in [6.07, 6.45) is 0. The van der Waals surface area contributed by atoms with E-state index in [1.54, 1.807) is 48.5 Å². The molecule has 5 nitrogen and oxygen atoms in total. The van der Waals surface area contributed by atoms with E-state index < -0.39 is 0 Å². The zero-order valence-corrected chi connectivity index (χ0v) is 16.5. The fourth-order valence-corrected chi connectivity index (χ4v) is 3.16. The van der Waals surface area contributed by atoms with Crippen molar-refractivity contribution in [3.05, 3.63) is 87.9 Å². The van der Waals surface area contributed by atoms with Crippen molar-refractivity contribution < 1.29 is 19.1 Å². The first-order valence-electron chi connectivity index (χ1n) is 9.13. The molecule has 3 aromatic rings. The third-order valence-corrected chi connectivity index (χ3v) is 4.85. The number of nitrogens with one attached hydrogen (secondary N) is 1. The number of ether oxygens (including phenoxy) is 2. The molecule has 0 atom stereocenters. The first-order valence-corrected chi connectivity index (χ1v) is 9.51. The Bertz CT molecular complexity index is 1080. The highest BCUT2D eigenvalue weighted by Crippen LogP contribution is 2.37. The summed E-state index contributed by atoms with van der Waals surface area (Å²) in [7, 11) is 0. The predicted molar refractivity (Wildman–Crippen MR) is 111 cm³/mol. The molecule has 1 amide bonds. The van der Waals surface area contributed by atoms with Gasteiger partial charge in [-0.1, -0.05) is 41.4 Å². The SMILES string of the molecule is Cc1ccc(C(=O)c2cc3c(cc2NC(=O)c2ccc(Cl)cc2)OCCO3)cc1. The van der Waals surface area contributed by atoms with Crippen LogP contribution in [0.25, 0.3) is 0 Å². The summed E-state index contributed by atoms with van der Waals surface area (Å²) in [6.45, 7) is 2.76. The van der Waals surface area contributed by atoms with Gasteiger partial charge in [-0.25, -0.2) is 0 Å². The van der Waals surface area contributed by atoms with Crippen LogP contribution in [0.1, 0.15) is 31.8 Å². The fourth-order valence-electron chi connectivity index (χ4n) is 3.04. The van der Waals surface area contributed by atoms with E-state index in [0.29, 0.717) is 52.1 Å². The molecule has 0 fully saturated rings. The van der Waals surface area contributed by atoms with Crippen molar-refractivity contribution in [3.8, 4) is 11.5 Å². The topological polar surface area (TPSA) is 64.6 Å². The molecule has 0 unspecified atom stereocenters. The van der Waals surface area contributed by atoms with E-state index in [0.717, 1.165) is 5.56 Å². The Labute approximate surface area is 173 Å². The van der Waals surface area contributed by atoms with Crippen LogP contribution in [0, 0.1) is 6.92 Å². The number of fused-ring (bicyclic) bond motifs is 1. The lowest BCUT2D eigenvalue weighted by Crippen LogP contribution is -2.19. The molecule has 0 saturated carbocycles. The molecule has 0 radical (unpaired) electrons. The summed E-state index contributed by atoms with van der Waals surface area (Å²) in [4.78, 5) is 25.9. The highest BCUT2D eigenvalue weighted by molar-refractivity contribution is 6.30. The maximum absolute atomic E-state index is 13.2. The number of anilines is 1. The molecule has 0 spiro atoms. The minimum atomic E-state index is -0.351. The average Bonchev–Trinajstić information content (AvgIpc) is 2.73. The number of hydrogen-bond acceptors (Lipinski definition) is 4. The molecule has 1 aliphatic heterocycles. The minimum absolute atomic E-state index is 0.214. The standard InChI is InChI=1S/C23H18ClNO4/c1-14-2-4-15(5-3-14)22(26)18-12-20-21(29-11-10-28-20)13-19(18)25-23(27)16-6-8-17(24)9-7-16/h2-9,12-13H,10-11H2,1H3,(H,25,27). The van der Waals surface area contributed by atoms with Crippen LogP contribution in [-0.2, 0) is 0 Å². The predicted octanol–water partition coefficient (Wildman–Crippen LogP) is 4.90. The lowest BCUT2D eigenvalue weighted by Gasteiger charge is -2.21. The van der Waals surface area contributed by atoms with Gasteiger partial charge >= 0.3 is 0 Å². The highest BCUT2D eigenvalue weighted by Gasteiger charge is 2.22. The Hall–Kier alpha value is -3.31. The second-order valence-corrected chi connectivity index (χ2v) is 7.13. The number of amides is 1. The molecule has 29 heavy (non-hydrogen) atoms. The summed E-state index contributed by atoms with van der Waals surface area (Å²) >= 11 is 5.89. The van der Waals surface area contributed by atoms with Crippen LogP contribution in [0.5, 0.6) is 11.5 Å². The van der Waals surface area contributed by atoms with Gasteiger partial charge in [-0.15, -0.1) is 0 Å². The van der Waals surface area contributed by atoms with Crippen LogP contribution in [0.15, 0.2) is 60.7 Å². The normalized spacial score (nSPS) is 12.3. The Morgan fingerprint density at radius 1 is 0.862 bits per heavy atom. The van der Waals surface area contributed by atoms with Crippen LogP contribution in [0.4, 0.5) is 5.69 Å². The van der Waals surface area contributed by atoms with Crippen molar-refractivity contribution in [2.45, 2.75) is 6.92 Å². The number of rotatable bonds is 4. The van der Waals surface area contributed by atoms with Crippen LogP contribution in [-0.4, -0.2) is 24.9 Å². The maximum Gasteiger partial charge on any atom is 0.255 e. The largest absolute Gasteiger partial charge is 0.486 e. The molecule has 6 heteroatoms. The van der Waals surface area contributed by atoms with E-state index in [2.05, 4.69) is 5.32 Å². The molecule has 0 aromatic heterocycles. The third-order valence-electron chi connectivity index (χ3n) is 4.60. The molecule has 1 N–H and O–H groups in total. The van der Waals surface area contributed by atoms with Crippen molar-refractivity contribution in [1.29, 1.82) is 0 Å². The Morgan fingerprint density at radius 3 is 2.10 bits per heavy atom. The molecule has 3 aromatic carbocycles. The van der Waals surface area contributed by atoms with Crippen molar-refractivity contribution >= 4 is 29.0 Å². The van der Waals surface area contributed by atoms with Gasteiger partial charge < -0.3 is 14.8 Å². The number of carbonyl (C=O) groups is 2. The average molecular weight is 408 g/mol. The highest BCUT2D eigenvalue weighted by atomic mass is 35.5. The van der Waals surface area contributed by atoms with Gasteiger partial charge in [-0.05, 0) is 37.3 Å². The third kappa shape index (κ3) is 4.10. The molecular formula is C23H18ClNO4. The van der Waals surface area contributed by atoms with Crippen LogP contribution in [0.3, 0.4) is 0 Å². The zero-order valence-electron chi connectivity index (χ0n) is 15.7. The molecule has 4 rings (SSSR count). The molecule has 1 aliphatic rings. The monoisotopic (exact) mass is 407 g/mol. The number of aryl methyl sites for hydroxylation is 1. The first kappa shape index (κ1) is 19.0. The van der Waals surface area contributed by atoms with Gasteiger partial charge in [-0.2, -0.15) is 0 Å². The second-order valence-electron chi connectivity index (χ2n) is 6.70.